The van der Waals surface area contributed by atoms with Crippen LogP contribution in [0, 0.1) is 11.8 Å². The van der Waals surface area contributed by atoms with Gasteiger partial charge in [0.05, 0.1) is 0 Å². The first-order valence-corrected chi connectivity index (χ1v) is 6.93. The molecule has 2 atom stereocenters. The molecule has 98 valence electrons. The molecule has 0 bridgehead atoms. The lowest BCUT2D eigenvalue weighted by Crippen LogP contribution is -2.36. The molecule has 0 aromatic rings. The van der Waals surface area contributed by atoms with Gasteiger partial charge in [0.15, 0.2) is 0 Å². The lowest BCUT2D eigenvalue weighted by atomic mass is 10.1. The first-order chi connectivity index (χ1) is 8.19. The second-order valence-corrected chi connectivity index (χ2v) is 5.56. The third-order valence-electron chi connectivity index (χ3n) is 4.05. The van der Waals surface area contributed by atoms with Crippen LogP contribution in [0.3, 0.4) is 0 Å². The maximum atomic E-state index is 11.7. The van der Waals surface area contributed by atoms with Crippen molar-refractivity contribution in [1.29, 1.82) is 0 Å². The second kappa shape index (κ2) is 5.83. The number of carbonyl (C=O) groups excluding carboxylic acids is 1. The average molecular weight is 239 g/mol. The zero-order valence-corrected chi connectivity index (χ0v) is 10.8. The summed E-state index contributed by atoms with van der Waals surface area (Å²) in [6, 6.07) is 0.0886. The summed E-state index contributed by atoms with van der Waals surface area (Å²) < 4.78 is 0. The number of amides is 1. The van der Waals surface area contributed by atoms with Crippen LogP contribution in [0.15, 0.2) is 0 Å². The van der Waals surface area contributed by atoms with Gasteiger partial charge in [-0.1, -0.05) is 6.92 Å². The number of nitrogens with two attached hydrogens (primary N) is 1. The molecule has 2 fully saturated rings. The molecule has 4 heteroatoms. The van der Waals surface area contributed by atoms with Gasteiger partial charge in [-0.25, -0.2) is 0 Å². The van der Waals surface area contributed by atoms with E-state index >= 15 is 0 Å². The number of likely N-dealkylation sites (tertiary alicyclic amines) is 1. The molecule has 1 aliphatic heterocycles. The van der Waals surface area contributed by atoms with Crippen molar-refractivity contribution in [3.05, 3.63) is 0 Å². The summed E-state index contributed by atoms with van der Waals surface area (Å²) in [6.45, 7) is 6.45. The van der Waals surface area contributed by atoms with Gasteiger partial charge in [-0.15, -0.1) is 0 Å². The van der Waals surface area contributed by atoms with Crippen LogP contribution in [-0.2, 0) is 4.79 Å². The average Bonchev–Trinajstić information content (AvgIpc) is 3.06. The number of carbonyl (C=O) groups is 1. The van der Waals surface area contributed by atoms with Crippen LogP contribution in [0.1, 0.15) is 32.6 Å². The van der Waals surface area contributed by atoms with Gasteiger partial charge in [0.2, 0.25) is 5.91 Å². The molecule has 1 saturated heterocycles. The van der Waals surface area contributed by atoms with Crippen LogP contribution >= 0.6 is 0 Å². The Balaban J connectivity index is 1.59. The first kappa shape index (κ1) is 12.8. The number of hydrogen-bond acceptors (Lipinski definition) is 3. The van der Waals surface area contributed by atoms with E-state index in [2.05, 4.69) is 17.1 Å². The van der Waals surface area contributed by atoms with Gasteiger partial charge >= 0.3 is 0 Å². The van der Waals surface area contributed by atoms with Crippen molar-refractivity contribution < 1.29 is 4.79 Å². The highest BCUT2D eigenvalue weighted by Crippen LogP contribution is 2.32. The molecule has 1 amide bonds. The molecule has 0 aromatic heterocycles. The molecule has 2 rings (SSSR count). The summed E-state index contributed by atoms with van der Waals surface area (Å²) in [6.07, 6.45) is 4.14. The maximum absolute atomic E-state index is 11.7. The van der Waals surface area contributed by atoms with Gasteiger partial charge in [-0.05, 0) is 44.2 Å². The SMILES string of the molecule is CCN1CCC(CNC(=O)CC(N)C2CC2)C1. The van der Waals surface area contributed by atoms with Crippen LogP contribution in [-0.4, -0.2) is 43.0 Å². The zero-order chi connectivity index (χ0) is 12.3. The molecule has 1 heterocycles. The summed E-state index contributed by atoms with van der Waals surface area (Å²) in [7, 11) is 0. The largest absolute Gasteiger partial charge is 0.356 e. The maximum Gasteiger partial charge on any atom is 0.221 e. The van der Waals surface area contributed by atoms with Crippen molar-refractivity contribution in [3.8, 4) is 0 Å². The number of rotatable bonds is 6. The number of nitrogens with one attached hydrogen (secondary N) is 1. The minimum absolute atomic E-state index is 0.0886. The van der Waals surface area contributed by atoms with Gasteiger partial charge < -0.3 is 16.0 Å². The molecule has 0 aromatic carbocycles. The number of nitrogens with zero attached hydrogens (tertiary/aromatic N) is 1. The second-order valence-electron chi connectivity index (χ2n) is 5.56. The van der Waals surface area contributed by atoms with E-state index in [-0.39, 0.29) is 11.9 Å². The van der Waals surface area contributed by atoms with E-state index in [0.29, 0.717) is 18.3 Å². The van der Waals surface area contributed by atoms with E-state index in [1.165, 1.54) is 25.8 Å². The van der Waals surface area contributed by atoms with Gasteiger partial charge in [0.25, 0.3) is 0 Å². The van der Waals surface area contributed by atoms with E-state index in [1.807, 2.05) is 0 Å². The van der Waals surface area contributed by atoms with E-state index in [4.69, 9.17) is 5.73 Å². The predicted molar refractivity (Wildman–Crippen MR) is 68.5 cm³/mol. The molecule has 2 unspecified atom stereocenters. The molecule has 3 N–H and O–H groups in total. The Labute approximate surface area is 104 Å². The Morgan fingerprint density at radius 3 is 2.82 bits per heavy atom. The highest BCUT2D eigenvalue weighted by atomic mass is 16.1. The molecular weight excluding hydrogens is 214 g/mol. The molecule has 1 aliphatic carbocycles. The van der Waals surface area contributed by atoms with Crippen molar-refractivity contribution in [3.63, 3.8) is 0 Å². The van der Waals surface area contributed by atoms with E-state index in [9.17, 15) is 4.79 Å². The minimum atomic E-state index is 0.0886. The van der Waals surface area contributed by atoms with Crippen LogP contribution in [0.4, 0.5) is 0 Å². The third kappa shape index (κ3) is 3.96. The van der Waals surface area contributed by atoms with Crippen LogP contribution in [0.5, 0.6) is 0 Å². The van der Waals surface area contributed by atoms with E-state index < -0.39 is 0 Å². The van der Waals surface area contributed by atoms with Gasteiger partial charge in [0, 0.05) is 25.6 Å². The van der Waals surface area contributed by atoms with Crippen LogP contribution in [0.25, 0.3) is 0 Å². The third-order valence-corrected chi connectivity index (χ3v) is 4.05. The monoisotopic (exact) mass is 239 g/mol. The number of hydrogen-bond donors (Lipinski definition) is 2. The minimum Gasteiger partial charge on any atom is -0.356 e. The summed E-state index contributed by atoms with van der Waals surface area (Å²) in [5, 5.41) is 3.04. The quantitative estimate of drug-likeness (QED) is 0.712. The van der Waals surface area contributed by atoms with Crippen LogP contribution in [0.2, 0.25) is 0 Å². The van der Waals surface area contributed by atoms with Gasteiger partial charge in [-0.3, -0.25) is 4.79 Å². The smallest absolute Gasteiger partial charge is 0.221 e. The topological polar surface area (TPSA) is 58.4 Å². The fourth-order valence-electron chi connectivity index (χ4n) is 2.60. The molecule has 0 spiro atoms. The summed E-state index contributed by atoms with van der Waals surface area (Å²) in [4.78, 5) is 14.1. The van der Waals surface area contributed by atoms with Gasteiger partial charge in [0.1, 0.15) is 0 Å². The van der Waals surface area contributed by atoms with Crippen molar-refractivity contribution in [2.75, 3.05) is 26.2 Å². The fourth-order valence-corrected chi connectivity index (χ4v) is 2.60. The van der Waals surface area contributed by atoms with Crippen LogP contribution < -0.4 is 11.1 Å². The highest BCUT2D eigenvalue weighted by Gasteiger charge is 2.30. The van der Waals surface area contributed by atoms with E-state index in [1.54, 1.807) is 0 Å². The molecular formula is C13H25N3O. The van der Waals surface area contributed by atoms with E-state index in [0.717, 1.165) is 19.6 Å². The van der Waals surface area contributed by atoms with Gasteiger partial charge in [-0.2, -0.15) is 0 Å². The summed E-state index contributed by atoms with van der Waals surface area (Å²) in [5.41, 5.74) is 5.94. The standard InChI is InChI=1S/C13H25N3O/c1-2-16-6-5-10(9-16)8-15-13(17)7-12(14)11-3-4-11/h10-12H,2-9,14H2,1H3,(H,15,17). The summed E-state index contributed by atoms with van der Waals surface area (Å²) in [5.74, 6) is 1.39. The molecule has 0 radical (unpaired) electrons. The Hall–Kier alpha value is -0.610. The van der Waals surface area contributed by atoms with Crippen molar-refractivity contribution in [1.82, 2.24) is 10.2 Å². The first-order valence-electron chi connectivity index (χ1n) is 6.93. The molecule has 4 nitrogen and oxygen atoms in total. The Kier molecular flexibility index (Phi) is 4.40. The normalized spacial score (nSPS) is 27.1. The summed E-state index contributed by atoms with van der Waals surface area (Å²) >= 11 is 0. The fraction of sp³-hybridized carbons (Fsp3) is 0.923. The molecule has 17 heavy (non-hydrogen) atoms. The Morgan fingerprint density at radius 1 is 1.47 bits per heavy atom. The molecule has 2 aliphatic rings. The highest BCUT2D eigenvalue weighted by molar-refractivity contribution is 5.76. The Morgan fingerprint density at radius 2 is 2.24 bits per heavy atom. The lowest BCUT2D eigenvalue weighted by Gasteiger charge is -2.15. The van der Waals surface area contributed by atoms with Crippen molar-refractivity contribution >= 4 is 5.91 Å². The predicted octanol–water partition coefficient (Wildman–Crippen LogP) is 0.572. The zero-order valence-electron chi connectivity index (χ0n) is 10.8. The van der Waals surface area contributed by atoms with Crippen molar-refractivity contribution in [2.45, 2.75) is 38.6 Å². The van der Waals surface area contributed by atoms with Crippen molar-refractivity contribution in [2.24, 2.45) is 17.6 Å². The Bertz CT molecular complexity index is 265. The molecule has 1 saturated carbocycles. The lowest BCUT2D eigenvalue weighted by molar-refractivity contribution is -0.121.